The lowest BCUT2D eigenvalue weighted by Gasteiger charge is -2.11. The van der Waals surface area contributed by atoms with E-state index in [1.807, 2.05) is 30.3 Å². The number of nitrogens with zero attached hydrogens (tertiary/aromatic N) is 3. The maximum absolute atomic E-state index is 9.73. The van der Waals surface area contributed by atoms with Gasteiger partial charge in [-0.15, -0.1) is 0 Å². The summed E-state index contributed by atoms with van der Waals surface area (Å²) in [5, 5.41) is 9.73. The molecule has 4 aromatic rings. The van der Waals surface area contributed by atoms with Crippen molar-refractivity contribution in [1.82, 2.24) is 14.5 Å². The molecular formula is C23H19BrN4. The molecule has 0 unspecified atom stereocenters. The third kappa shape index (κ3) is 3.17. The molecule has 4 rings (SSSR count). The van der Waals surface area contributed by atoms with E-state index in [1.165, 1.54) is 5.56 Å². The van der Waals surface area contributed by atoms with E-state index in [0.29, 0.717) is 11.4 Å². The Balaban J connectivity index is 1.80. The van der Waals surface area contributed by atoms with E-state index in [4.69, 9.17) is 0 Å². The molecule has 0 aliphatic heterocycles. The van der Waals surface area contributed by atoms with Gasteiger partial charge in [-0.1, -0.05) is 34.1 Å². The average molecular weight is 431 g/mol. The molecule has 0 radical (unpaired) electrons. The van der Waals surface area contributed by atoms with Crippen LogP contribution in [0.15, 0.2) is 53.0 Å². The second-order valence-corrected chi connectivity index (χ2v) is 7.72. The number of H-pyrrole nitrogens is 1. The van der Waals surface area contributed by atoms with Crippen LogP contribution in [0.5, 0.6) is 0 Å². The Bertz CT molecular complexity index is 1230. The predicted molar refractivity (Wildman–Crippen MR) is 117 cm³/mol. The Morgan fingerprint density at radius 3 is 2.64 bits per heavy atom. The van der Waals surface area contributed by atoms with Crippen molar-refractivity contribution in [2.24, 2.45) is 0 Å². The van der Waals surface area contributed by atoms with Crippen molar-refractivity contribution < 1.29 is 0 Å². The highest BCUT2D eigenvalue weighted by Crippen LogP contribution is 2.27. The van der Waals surface area contributed by atoms with Gasteiger partial charge in [0.15, 0.2) is 0 Å². The average Bonchev–Trinajstić information content (AvgIpc) is 3.23. The lowest BCUT2D eigenvalue weighted by atomic mass is 10.1. The molecule has 0 aliphatic rings. The van der Waals surface area contributed by atoms with Crippen LogP contribution in [-0.4, -0.2) is 14.5 Å². The zero-order chi connectivity index (χ0) is 19.8. The Hall–Kier alpha value is -3.10. The number of allylic oxidation sites excluding steroid dienone is 1. The number of nitriles is 1. The van der Waals surface area contributed by atoms with Crippen LogP contribution in [0, 0.1) is 32.1 Å². The molecule has 0 bridgehead atoms. The molecule has 0 saturated heterocycles. The van der Waals surface area contributed by atoms with Crippen molar-refractivity contribution in [3.63, 3.8) is 0 Å². The molecule has 4 nitrogen and oxygen atoms in total. The molecule has 2 heterocycles. The monoisotopic (exact) mass is 430 g/mol. The molecule has 2 aromatic carbocycles. The highest BCUT2D eigenvalue weighted by Gasteiger charge is 2.13. The molecule has 0 amide bonds. The van der Waals surface area contributed by atoms with E-state index >= 15 is 0 Å². The molecule has 2 aromatic heterocycles. The summed E-state index contributed by atoms with van der Waals surface area (Å²) in [6.07, 6.45) is 1.90. The van der Waals surface area contributed by atoms with Crippen LogP contribution in [0.2, 0.25) is 0 Å². The number of halogens is 1. The first-order valence-electron chi connectivity index (χ1n) is 9.00. The number of rotatable bonds is 3. The van der Waals surface area contributed by atoms with E-state index in [-0.39, 0.29) is 0 Å². The molecule has 0 atom stereocenters. The molecule has 0 spiro atoms. The quantitative estimate of drug-likeness (QED) is 0.398. The van der Waals surface area contributed by atoms with Gasteiger partial charge < -0.3 is 9.55 Å². The summed E-state index contributed by atoms with van der Waals surface area (Å²) >= 11 is 3.62. The van der Waals surface area contributed by atoms with Gasteiger partial charge in [-0.2, -0.15) is 5.26 Å². The molecule has 0 saturated carbocycles. The summed E-state index contributed by atoms with van der Waals surface area (Å²) in [7, 11) is 0. The van der Waals surface area contributed by atoms with Crippen LogP contribution in [0.1, 0.15) is 28.3 Å². The van der Waals surface area contributed by atoms with Crippen molar-refractivity contribution in [3.05, 3.63) is 81.3 Å². The van der Waals surface area contributed by atoms with Gasteiger partial charge in [0.1, 0.15) is 11.9 Å². The number of aromatic amines is 1. The minimum Gasteiger partial charge on any atom is -0.337 e. The molecular weight excluding hydrogens is 412 g/mol. The van der Waals surface area contributed by atoms with Crippen LogP contribution < -0.4 is 0 Å². The fourth-order valence-corrected chi connectivity index (χ4v) is 3.81. The minimum atomic E-state index is 0.515. The Morgan fingerprint density at radius 2 is 1.93 bits per heavy atom. The molecule has 28 heavy (non-hydrogen) atoms. The second-order valence-electron chi connectivity index (χ2n) is 6.87. The van der Waals surface area contributed by atoms with Crippen LogP contribution in [-0.2, 0) is 0 Å². The highest BCUT2D eigenvalue weighted by molar-refractivity contribution is 9.10. The number of fused-ring (bicyclic) bond motifs is 1. The van der Waals surface area contributed by atoms with E-state index < -0.39 is 0 Å². The van der Waals surface area contributed by atoms with Crippen LogP contribution in [0.25, 0.3) is 28.4 Å². The fourth-order valence-electron chi connectivity index (χ4n) is 3.44. The fraction of sp³-hybridized carbons (Fsp3) is 0.130. The van der Waals surface area contributed by atoms with Gasteiger partial charge in [-0.3, -0.25) is 0 Å². The number of benzene rings is 2. The SMILES string of the molecule is Cc1ccc(-n2c(C)cc(C=C(C#N)c3nc4ccccc4[nH]3)c2C)cc1Br. The van der Waals surface area contributed by atoms with Crippen molar-refractivity contribution in [2.75, 3.05) is 0 Å². The highest BCUT2D eigenvalue weighted by atomic mass is 79.9. The van der Waals surface area contributed by atoms with Gasteiger partial charge >= 0.3 is 0 Å². The van der Waals surface area contributed by atoms with Gasteiger partial charge in [0.25, 0.3) is 0 Å². The van der Waals surface area contributed by atoms with Gasteiger partial charge in [-0.05, 0) is 68.3 Å². The molecule has 1 N–H and O–H groups in total. The zero-order valence-electron chi connectivity index (χ0n) is 15.9. The van der Waals surface area contributed by atoms with Crippen LogP contribution >= 0.6 is 15.9 Å². The normalized spacial score (nSPS) is 11.8. The second kappa shape index (κ2) is 7.14. The number of hydrogen-bond donors (Lipinski definition) is 1. The molecule has 0 fully saturated rings. The number of imidazole rings is 1. The third-order valence-electron chi connectivity index (χ3n) is 4.95. The lowest BCUT2D eigenvalue weighted by Crippen LogP contribution is -1.99. The standard InChI is InChI=1S/C23H19BrN4/c1-14-8-9-19(12-20(14)24)28-15(2)10-17(16(28)3)11-18(13-25)23-26-21-6-4-5-7-22(21)27-23/h4-12H,1-3H3,(H,26,27). The van der Waals surface area contributed by atoms with Gasteiger partial charge in [0.05, 0.1) is 16.6 Å². The van der Waals surface area contributed by atoms with E-state index in [1.54, 1.807) is 0 Å². The topological polar surface area (TPSA) is 57.4 Å². The van der Waals surface area contributed by atoms with Gasteiger partial charge in [0.2, 0.25) is 0 Å². The maximum atomic E-state index is 9.73. The van der Waals surface area contributed by atoms with Crippen LogP contribution in [0.3, 0.4) is 0 Å². The summed E-state index contributed by atoms with van der Waals surface area (Å²) < 4.78 is 3.28. The first-order valence-corrected chi connectivity index (χ1v) is 9.79. The summed E-state index contributed by atoms with van der Waals surface area (Å²) in [5.41, 5.74) is 7.78. The predicted octanol–water partition coefficient (Wildman–Crippen LogP) is 6.11. The summed E-state index contributed by atoms with van der Waals surface area (Å²) in [6, 6.07) is 18.5. The Labute approximate surface area is 172 Å². The smallest absolute Gasteiger partial charge is 0.149 e. The van der Waals surface area contributed by atoms with E-state index in [2.05, 4.69) is 81.6 Å². The first-order chi connectivity index (χ1) is 13.5. The van der Waals surface area contributed by atoms with E-state index in [0.717, 1.165) is 38.1 Å². The van der Waals surface area contributed by atoms with Gasteiger partial charge in [0, 0.05) is 21.5 Å². The van der Waals surface area contributed by atoms with Crippen molar-refractivity contribution in [2.45, 2.75) is 20.8 Å². The molecule has 138 valence electrons. The molecule has 0 aliphatic carbocycles. The Kier molecular flexibility index (Phi) is 4.66. The summed E-state index contributed by atoms with van der Waals surface area (Å²) in [6.45, 7) is 6.22. The first kappa shape index (κ1) is 18.3. The Morgan fingerprint density at radius 1 is 1.14 bits per heavy atom. The lowest BCUT2D eigenvalue weighted by molar-refractivity contribution is 0.962. The molecule has 5 heteroatoms. The van der Waals surface area contributed by atoms with Crippen LogP contribution in [0.4, 0.5) is 0 Å². The number of aromatic nitrogens is 3. The van der Waals surface area contributed by atoms with Crippen molar-refractivity contribution in [1.29, 1.82) is 5.26 Å². The number of nitrogens with one attached hydrogen (secondary N) is 1. The number of hydrogen-bond acceptors (Lipinski definition) is 2. The summed E-state index contributed by atoms with van der Waals surface area (Å²) in [5.74, 6) is 0.589. The largest absolute Gasteiger partial charge is 0.337 e. The van der Waals surface area contributed by atoms with Gasteiger partial charge in [-0.25, -0.2) is 4.98 Å². The third-order valence-corrected chi connectivity index (χ3v) is 5.80. The van der Waals surface area contributed by atoms with E-state index in [9.17, 15) is 5.26 Å². The van der Waals surface area contributed by atoms with Crippen molar-refractivity contribution >= 4 is 38.6 Å². The maximum Gasteiger partial charge on any atom is 0.149 e. The van der Waals surface area contributed by atoms with Crippen molar-refractivity contribution in [3.8, 4) is 11.8 Å². The minimum absolute atomic E-state index is 0.515. The number of para-hydroxylation sites is 2. The zero-order valence-corrected chi connectivity index (χ0v) is 17.5. The number of aryl methyl sites for hydroxylation is 2. The summed E-state index contributed by atoms with van der Waals surface area (Å²) in [4.78, 5) is 7.80.